The summed E-state index contributed by atoms with van der Waals surface area (Å²) in [6.45, 7) is 0.390. The van der Waals surface area contributed by atoms with Crippen molar-refractivity contribution in [3.63, 3.8) is 0 Å². The second kappa shape index (κ2) is 6.16. The minimum absolute atomic E-state index is 0.235. The second-order valence-corrected chi connectivity index (χ2v) is 5.28. The van der Waals surface area contributed by atoms with E-state index < -0.39 is 5.97 Å². The van der Waals surface area contributed by atoms with Crippen molar-refractivity contribution < 1.29 is 14.7 Å². The lowest BCUT2D eigenvalue weighted by atomic mass is 10.3. The predicted octanol–water partition coefficient (Wildman–Crippen LogP) is 1.51. The van der Waals surface area contributed by atoms with Crippen molar-refractivity contribution in [3.8, 4) is 0 Å². The number of imidazole rings is 1. The number of carbonyl (C=O) groups is 2. The van der Waals surface area contributed by atoms with Crippen molar-refractivity contribution in [2.24, 2.45) is 7.05 Å². The molecule has 0 aliphatic heterocycles. The Morgan fingerprint density at radius 2 is 2.30 bits per heavy atom. The SMILES string of the molecule is Cn1cnc(C(=O)NCc2ccc(/C=C/C(=O)O)s2)c1. The van der Waals surface area contributed by atoms with Gasteiger partial charge in [0.1, 0.15) is 5.69 Å². The van der Waals surface area contributed by atoms with Gasteiger partial charge in [-0.3, -0.25) is 4.79 Å². The summed E-state index contributed by atoms with van der Waals surface area (Å²) in [4.78, 5) is 27.9. The highest BCUT2D eigenvalue weighted by Gasteiger charge is 2.08. The third-order valence-corrected chi connectivity index (χ3v) is 3.48. The number of nitrogens with zero attached hydrogens (tertiary/aromatic N) is 2. The molecule has 0 unspecified atom stereocenters. The van der Waals surface area contributed by atoms with Gasteiger partial charge in [-0.2, -0.15) is 0 Å². The fourth-order valence-electron chi connectivity index (χ4n) is 1.52. The fourth-order valence-corrected chi connectivity index (χ4v) is 2.38. The van der Waals surface area contributed by atoms with E-state index in [2.05, 4.69) is 10.3 Å². The van der Waals surface area contributed by atoms with Crippen LogP contribution in [0.1, 0.15) is 20.2 Å². The third kappa shape index (κ3) is 3.79. The van der Waals surface area contributed by atoms with Crippen molar-refractivity contribution in [3.05, 3.63) is 46.2 Å². The van der Waals surface area contributed by atoms with E-state index in [0.29, 0.717) is 12.2 Å². The number of rotatable bonds is 5. The molecule has 2 heterocycles. The quantitative estimate of drug-likeness (QED) is 0.818. The second-order valence-electron chi connectivity index (χ2n) is 4.08. The molecule has 0 bridgehead atoms. The maximum atomic E-state index is 11.8. The first-order chi connectivity index (χ1) is 9.54. The van der Waals surface area contributed by atoms with Gasteiger partial charge in [-0.25, -0.2) is 9.78 Å². The van der Waals surface area contributed by atoms with Crippen LogP contribution < -0.4 is 5.32 Å². The summed E-state index contributed by atoms with van der Waals surface area (Å²) in [5, 5.41) is 11.3. The minimum Gasteiger partial charge on any atom is -0.478 e. The summed E-state index contributed by atoms with van der Waals surface area (Å²) >= 11 is 1.43. The van der Waals surface area contributed by atoms with Crippen molar-refractivity contribution in [2.75, 3.05) is 0 Å². The van der Waals surface area contributed by atoms with Crippen LogP contribution in [0.3, 0.4) is 0 Å². The highest BCUT2D eigenvalue weighted by molar-refractivity contribution is 7.12. The van der Waals surface area contributed by atoms with E-state index in [-0.39, 0.29) is 5.91 Å². The number of carbonyl (C=O) groups excluding carboxylic acids is 1. The summed E-state index contributed by atoms with van der Waals surface area (Å²) in [5.74, 6) is -1.22. The molecule has 104 valence electrons. The van der Waals surface area contributed by atoms with Crippen molar-refractivity contribution in [1.82, 2.24) is 14.9 Å². The van der Waals surface area contributed by atoms with E-state index >= 15 is 0 Å². The molecular weight excluding hydrogens is 278 g/mol. The van der Waals surface area contributed by atoms with Crippen LogP contribution in [0, 0.1) is 0 Å². The average molecular weight is 291 g/mol. The molecule has 0 aromatic carbocycles. The molecule has 20 heavy (non-hydrogen) atoms. The maximum Gasteiger partial charge on any atom is 0.328 e. The number of thiophene rings is 1. The van der Waals surface area contributed by atoms with Gasteiger partial charge in [0, 0.05) is 29.1 Å². The molecule has 0 aliphatic rings. The van der Waals surface area contributed by atoms with Gasteiger partial charge in [0.15, 0.2) is 0 Å². The number of aliphatic carboxylic acids is 1. The monoisotopic (exact) mass is 291 g/mol. The lowest BCUT2D eigenvalue weighted by Gasteiger charge is -2.00. The Balaban J connectivity index is 1.91. The van der Waals surface area contributed by atoms with E-state index in [0.717, 1.165) is 15.8 Å². The van der Waals surface area contributed by atoms with E-state index in [9.17, 15) is 9.59 Å². The normalized spacial score (nSPS) is 10.8. The molecule has 0 spiro atoms. The number of carboxylic acids is 1. The standard InChI is InChI=1S/C13H13N3O3S/c1-16-7-11(15-8-16)13(19)14-6-10-3-2-9(20-10)4-5-12(17)18/h2-5,7-8H,6H2,1H3,(H,14,19)(H,17,18)/b5-4+. The summed E-state index contributed by atoms with van der Waals surface area (Å²) in [6, 6.07) is 3.66. The van der Waals surface area contributed by atoms with Gasteiger partial charge in [0.2, 0.25) is 0 Å². The molecule has 0 saturated carbocycles. The van der Waals surface area contributed by atoms with Crippen LogP contribution in [0.5, 0.6) is 0 Å². The number of nitrogens with one attached hydrogen (secondary N) is 1. The molecule has 0 atom stereocenters. The Hall–Kier alpha value is -2.41. The smallest absolute Gasteiger partial charge is 0.328 e. The molecule has 6 nitrogen and oxygen atoms in total. The highest BCUT2D eigenvalue weighted by Crippen LogP contribution is 2.17. The number of amides is 1. The molecule has 0 radical (unpaired) electrons. The van der Waals surface area contributed by atoms with Crippen LogP contribution in [0.15, 0.2) is 30.7 Å². The lowest BCUT2D eigenvalue weighted by Crippen LogP contribution is -2.22. The zero-order valence-corrected chi connectivity index (χ0v) is 11.6. The number of hydrogen-bond donors (Lipinski definition) is 2. The van der Waals surface area contributed by atoms with Crippen LogP contribution in [0.25, 0.3) is 6.08 Å². The molecule has 2 rings (SSSR count). The van der Waals surface area contributed by atoms with Crippen LogP contribution in [-0.2, 0) is 18.4 Å². The Kier molecular flexibility index (Phi) is 4.31. The van der Waals surface area contributed by atoms with E-state index in [1.54, 1.807) is 24.1 Å². The fraction of sp³-hybridized carbons (Fsp3) is 0.154. The summed E-state index contributed by atoms with van der Waals surface area (Å²) in [6.07, 6.45) is 5.82. The van der Waals surface area contributed by atoms with Gasteiger partial charge in [-0.15, -0.1) is 11.3 Å². The topological polar surface area (TPSA) is 84.2 Å². The largest absolute Gasteiger partial charge is 0.478 e. The lowest BCUT2D eigenvalue weighted by molar-refractivity contribution is -0.131. The molecule has 2 N–H and O–H groups in total. The maximum absolute atomic E-state index is 11.8. The summed E-state index contributed by atoms with van der Waals surface area (Å²) in [5.41, 5.74) is 0.370. The Morgan fingerprint density at radius 1 is 1.50 bits per heavy atom. The van der Waals surface area contributed by atoms with Gasteiger partial charge < -0.3 is 15.0 Å². The van der Waals surface area contributed by atoms with E-state index in [4.69, 9.17) is 5.11 Å². The number of aryl methyl sites for hydroxylation is 1. The first-order valence-electron chi connectivity index (χ1n) is 5.80. The average Bonchev–Trinajstić information content (AvgIpc) is 3.02. The first-order valence-corrected chi connectivity index (χ1v) is 6.62. The minimum atomic E-state index is -0.983. The van der Waals surface area contributed by atoms with Gasteiger partial charge in [-0.05, 0) is 18.2 Å². The Labute approximate surface area is 119 Å². The van der Waals surface area contributed by atoms with Crippen LogP contribution in [-0.4, -0.2) is 26.5 Å². The number of aromatic nitrogens is 2. The first kappa shape index (κ1) is 14.0. The molecule has 2 aromatic heterocycles. The molecule has 0 aliphatic carbocycles. The van der Waals surface area contributed by atoms with Crippen LogP contribution in [0.2, 0.25) is 0 Å². The zero-order valence-electron chi connectivity index (χ0n) is 10.7. The third-order valence-electron chi connectivity index (χ3n) is 2.43. The zero-order chi connectivity index (χ0) is 14.5. The van der Waals surface area contributed by atoms with Gasteiger partial charge in [-0.1, -0.05) is 0 Å². The van der Waals surface area contributed by atoms with Crippen molar-refractivity contribution in [1.29, 1.82) is 0 Å². The predicted molar refractivity (Wildman–Crippen MR) is 75.4 cm³/mol. The van der Waals surface area contributed by atoms with Gasteiger partial charge in [0.05, 0.1) is 12.9 Å². The number of hydrogen-bond acceptors (Lipinski definition) is 4. The van der Waals surface area contributed by atoms with E-state index in [1.807, 2.05) is 12.1 Å². The molecular formula is C13H13N3O3S. The van der Waals surface area contributed by atoms with Crippen LogP contribution in [0.4, 0.5) is 0 Å². The molecule has 2 aromatic rings. The summed E-state index contributed by atoms with van der Waals surface area (Å²) < 4.78 is 1.70. The molecule has 0 saturated heterocycles. The Bertz CT molecular complexity index is 657. The summed E-state index contributed by atoms with van der Waals surface area (Å²) in [7, 11) is 1.80. The van der Waals surface area contributed by atoms with E-state index in [1.165, 1.54) is 17.4 Å². The Morgan fingerprint density at radius 3 is 2.95 bits per heavy atom. The van der Waals surface area contributed by atoms with Crippen molar-refractivity contribution in [2.45, 2.75) is 6.54 Å². The molecule has 1 amide bonds. The number of carboxylic acid groups (broad SMARTS) is 1. The van der Waals surface area contributed by atoms with Crippen LogP contribution >= 0.6 is 11.3 Å². The molecule has 0 fully saturated rings. The van der Waals surface area contributed by atoms with Crippen molar-refractivity contribution >= 4 is 29.3 Å². The highest BCUT2D eigenvalue weighted by atomic mass is 32.1. The van der Waals surface area contributed by atoms with Gasteiger partial charge in [0.25, 0.3) is 5.91 Å². The van der Waals surface area contributed by atoms with Gasteiger partial charge >= 0.3 is 5.97 Å². The molecule has 7 heteroatoms.